The van der Waals surface area contributed by atoms with E-state index in [1.165, 1.54) is 12.1 Å². The summed E-state index contributed by atoms with van der Waals surface area (Å²) in [5, 5.41) is 16.9. The number of hydrogen-bond donors (Lipinski definition) is 2. The normalized spacial score (nSPS) is 12.8. The molecule has 0 aromatic heterocycles. The lowest BCUT2D eigenvalue weighted by molar-refractivity contribution is -0.384. The van der Waals surface area contributed by atoms with Crippen molar-refractivity contribution in [1.82, 2.24) is 10.6 Å². The molecule has 7 heteroatoms. The number of nitro groups is 1. The average molecular weight is 314 g/mol. The SMILES string of the molecule is CC(NCc1ccc([N+](=O)[O-])cc1Cl)C(=O)NC(C)(C)C. The molecule has 6 nitrogen and oxygen atoms in total. The monoisotopic (exact) mass is 313 g/mol. The standard InChI is InChI=1S/C14H20ClN3O3/c1-9(13(19)17-14(2,3)4)16-8-10-5-6-11(18(20)21)7-12(10)15/h5-7,9,16H,8H2,1-4H3,(H,17,19). The Bertz CT molecular complexity index is 541. The van der Waals surface area contributed by atoms with E-state index in [9.17, 15) is 14.9 Å². The molecule has 0 saturated carbocycles. The van der Waals surface area contributed by atoms with Crippen molar-refractivity contribution < 1.29 is 9.72 Å². The number of carbonyl (C=O) groups is 1. The van der Waals surface area contributed by atoms with Crippen molar-refractivity contribution in [3.63, 3.8) is 0 Å². The maximum Gasteiger partial charge on any atom is 0.270 e. The van der Waals surface area contributed by atoms with Gasteiger partial charge in [-0.05, 0) is 39.3 Å². The predicted octanol–water partition coefficient (Wildman–Crippen LogP) is 2.64. The van der Waals surface area contributed by atoms with Gasteiger partial charge in [-0.1, -0.05) is 11.6 Å². The van der Waals surface area contributed by atoms with Crippen LogP contribution in [0.15, 0.2) is 18.2 Å². The molecule has 0 aliphatic carbocycles. The molecule has 0 saturated heterocycles. The Morgan fingerprint density at radius 2 is 2.05 bits per heavy atom. The highest BCUT2D eigenvalue weighted by atomic mass is 35.5. The van der Waals surface area contributed by atoms with Crippen LogP contribution in [0.4, 0.5) is 5.69 Å². The zero-order valence-electron chi connectivity index (χ0n) is 12.6. The summed E-state index contributed by atoms with van der Waals surface area (Å²) in [6.45, 7) is 7.83. The summed E-state index contributed by atoms with van der Waals surface area (Å²) < 4.78 is 0. The molecule has 116 valence electrons. The maximum atomic E-state index is 11.9. The highest BCUT2D eigenvalue weighted by Gasteiger charge is 2.19. The van der Waals surface area contributed by atoms with Crippen LogP contribution in [-0.2, 0) is 11.3 Å². The van der Waals surface area contributed by atoms with Gasteiger partial charge in [0.2, 0.25) is 5.91 Å². The van der Waals surface area contributed by atoms with Gasteiger partial charge < -0.3 is 10.6 Å². The van der Waals surface area contributed by atoms with Crippen LogP contribution in [0.2, 0.25) is 5.02 Å². The van der Waals surface area contributed by atoms with Gasteiger partial charge in [-0.15, -0.1) is 0 Å². The molecule has 0 aliphatic rings. The van der Waals surface area contributed by atoms with Crippen LogP contribution in [-0.4, -0.2) is 22.4 Å². The van der Waals surface area contributed by atoms with E-state index in [1.54, 1.807) is 13.0 Å². The number of halogens is 1. The molecule has 2 N–H and O–H groups in total. The van der Waals surface area contributed by atoms with Gasteiger partial charge in [0.05, 0.1) is 16.0 Å². The molecule has 0 bridgehead atoms. The van der Waals surface area contributed by atoms with E-state index in [2.05, 4.69) is 10.6 Å². The fourth-order valence-corrected chi connectivity index (χ4v) is 1.87. The molecule has 1 aromatic carbocycles. The van der Waals surface area contributed by atoms with Crippen LogP contribution in [0.1, 0.15) is 33.3 Å². The molecule has 1 atom stereocenters. The first kappa shape index (κ1) is 17.4. The summed E-state index contributed by atoms with van der Waals surface area (Å²) in [4.78, 5) is 22.0. The smallest absolute Gasteiger partial charge is 0.270 e. The fraction of sp³-hybridized carbons (Fsp3) is 0.500. The molecular weight excluding hydrogens is 294 g/mol. The highest BCUT2D eigenvalue weighted by molar-refractivity contribution is 6.31. The van der Waals surface area contributed by atoms with Crippen LogP contribution in [0.3, 0.4) is 0 Å². The summed E-state index contributed by atoms with van der Waals surface area (Å²) in [7, 11) is 0. The number of hydrogen-bond acceptors (Lipinski definition) is 4. The molecule has 0 spiro atoms. The number of carbonyl (C=O) groups excluding carboxylic acids is 1. The Morgan fingerprint density at radius 3 is 2.52 bits per heavy atom. The van der Waals surface area contributed by atoms with Crippen LogP contribution in [0.5, 0.6) is 0 Å². The first-order valence-electron chi connectivity index (χ1n) is 6.58. The van der Waals surface area contributed by atoms with Gasteiger partial charge in [-0.2, -0.15) is 0 Å². The molecule has 1 rings (SSSR count). The largest absolute Gasteiger partial charge is 0.350 e. The second kappa shape index (κ2) is 6.87. The minimum absolute atomic E-state index is 0.0534. The molecule has 0 aliphatic heterocycles. The summed E-state index contributed by atoms with van der Waals surface area (Å²) in [6.07, 6.45) is 0. The molecule has 0 radical (unpaired) electrons. The van der Waals surface area contributed by atoms with Crippen molar-refractivity contribution in [3.8, 4) is 0 Å². The summed E-state index contributed by atoms with van der Waals surface area (Å²) in [5.74, 6) is -0.111. The summed E-state index contributed by atoms with van der Waals surface area (Å²) >= 11 is 6.00. The second-order valence-electron chi connectivity index (χ2n) is 5.87. The Morgan fingerprint density at radius 1 is 1.43 bits per heavy atom. The lowest BCUT2D eigenvalue weighted by Gasteiger charge is -2.23. The van der Waals surface area contributed by atoms with E-state index in [0.717, 1.165) is 0 Å². The van der Waals surface area contributed by atoms with E-state index < -0.39 is 11.0 Å². The lowest BCUT2D eigenvalue weighted by Crippen LogP contribution is -2.49. The zero-order valence-corrected chi connectivity index (χ0v) is 13.3. The Kier molecular flexibility index (Phi) is 5.69. The quantitative estimate of drug-likeness (QED) is 0.646. The number of nitrogens with one attached hydrogen (secondary N) is 2. The van der Waals surface area contributed by atoms with Crippen molar-refractivity contribution in [1.29, 1.82) is 0 Å². The predicted molar refractivity (Wildman–Crippen MR) is 82.3 cm³/mol. The number of benzene rings is 1. The molecule has 1 aromatic rings. The third-order valence-electron chi connectivity index (χ3n) is 2.74. The Hall–Kier alpha value is -1.66. The lowest BCUT2D eigenvalue weighted by atomic mass is 10.1. The van der Waals surface area contributed by atoms with Crippen LogP contribution in [0.25, 0.3) is 0 Å². The molecule has 0 fully saturated rings. The number of nitrogens with zero attached hydrogens (tertiary/aromatic N) is 1. The van der Waals surface area contributed by atoms with Gasteiger partial charge in [0.1, 0.15) is 0 Å². The van der Waals surface area contributed by atoms with Crippen LogP contribution >= 0.6 is 11.6 Å². The molecule has 1 amide bonds. The molecule has 21 heavy (non-hydrogen) atoms. The van der Waals surface area contributed by atoms with Crippen molar-refractivity contribution in [2.75, 3.05) is 0 Å². The molecule has 1 unspecified atom stereocenters. The van der Waals surface area contributed by atoms with E-state index in [4.69, 9.17) is 11.6 Å². The number of rotatable bonds is 5. The van der Waals surface area contributed by atoms with Crippen LogP contribution in [0, 0.1) is 10.1 Å². The van der Waals surface area contributed by atoms with Crippen molar-refractivity contribution >= 4 is 23.2 Å². The van der Waals surface area contributed by atoms with E-state index >= 15 is 0 Å². The van der Waals surface area contributed by atoms with Gasteiger partial charge in [0, 0.05) is 24.2 Å². The Labute approximate surface area is 129 Å². The summed E-state index contributed by atoms with van der Waals surface area (Å²) in [5.41, 5.74) is 0.359. The number of non-ortho nitro benzene ring substituents is 1. The van der Waals surface area contributed by atoms with Gasteiger partial charge in [-0.3, -0.25) is 14.9 Å². The van der Waals surface area contributed by atoms with Gasteiger partial charge >= 0.3 is 0 Å². The van der Waals surface area contributed by atoms with Gasteiger partial charge in [0.15, 0.2) is 0 Å². The second-order valence-corrected chi connectivity index (χ2v) is 6.28. The minimum atomic E-state index is -0.498. The highest BCUT2D eigenvalue weighted by Crippen LogP contribution is 2.22. The van der Waals surface area contributed by atoms with Gasteiger partial charge in [0.25, 0.3) is 5.69 Å². The average Bonchev–Trinajstić information content (AvgIpc) is 2.34. The topological polar surface area (TPSA) is 84.3 Å². The summed E-state index contributed by atoms with van der Waals surface area (Å²) in [6, 6.07) is 3.89. The zero-order chi connectivity index (χ0) is 16.2. The number of nitro benzene ring substituents is 1. The van der Waals surface area contributed by atoms with Gasteiger partial charge in [-0.25, -0.2) is 0 Å². The first-order valence-corrected chi connectivity index (χ1v) is 6.96. The molecule has 0 heterocycles. The van der Waals surface area contributed by atoms with E-state index in [0.29, 0.717) is 17.1 Å². The third-order valence-corrected chi connectivity index (χ3v) is 3.09. The minimum Gasteiger partial charge on any atom is -0.350 e. The van der Waals surface area contributed by atoms with E-state index in [1.807, 2.05) is 20.8 Å². The van der Waals surface area contributed by atoms with Crippen molar-refractivity contribution in [2.45, 2.75) is 45.8 Å². The number of amides is 1. The maximum absolute atomic E-state index is 11.9. The molecular formula is C14H20ClN3O3. The third kappa shape index (κ3) is 5.69. The Balaban J connectivity index is 2.63. The van der Waals surface area contributed by atoms with Crippen molar-refractivity contribution in [2.24, 2.45) is 0 Å². The first-order chi connectivity index (χ1) is 9.60. The van der Waals surface area contributed by atoms with Crippen molar-refractivity contribution in [3.05, 3.63) is 38.9 Å². The van der Waals surface area contributed by atoms with E-state index in [-0.39, 0.29) is 17.1 Å². The fourth-order valence-electron chi connectivity index (χ4n) is 1.63. The van der Waals surface area contributed by atoms with Crippen LogP contribution < -0.4 is 10.6 Å².